The lowest BCUT2D eigenvalue weighted by Gasteiger charge is -2.37. The summed E-state index contributed by atoms with van der Waals surface area (Å²) in [7, 11) is 0. The van der Waals surface area contributed by atoms with Crippen LogP contribution in [-0.2, 0) is 0 Å². The average Bonchev–Trinajstić information content (AvgIpc) is 2.67. The van der Waals surface area contributed by atoms with Crippen LogP contribution < -0.4 is 0 Å². The highest BCUT2D eigenvalue weighted by Crippen LogP contribution is 2.27. The fourth-order valence-corrected chi connectivity index (χ4v) is 3.15. The average molecular weight is 357 g/mol. The predicted octanol–water partition coefficient (Wildman–Crippen LogP) is 4.33. The number of nitrogens with zero attached hydrogens (tertiary/aromatic N) is 3. The first kappa shape index (κ1) is 17.0. The number of pyridine rings is 1. The monoisotopic (exact) mass is 357 g/mol. The summed E-state index contributed by atoms with van der Waals surface area (Å²) in [6.45, 7) is 1.05. The van der Waals surface area contributed by atoms with Gasteiger partial charge in [0.25, 0.3) is 0 Å². The van der Waals surface area contributed by atoms with Crippen molar-refractivity contribution in [3.05, 3.63) is 95.7 Å². The Hall–Kier alpha value is -3.47. The standard InChI is InChI=1S/C22H19N3O2/c26-22(27)25-14-19(15-25)18-11-12-20(23-13-18)24-21(16-7-3-1-4-8-16)17-9-5-2-6-10-17/h1-13,19H,14-15H2,(H,26,27). The van der Waals surface area contributed by atoms with Crippen molar-refractivity contribution in [1.82, 2.24) is 9.88 Å². The molecule has 0 saturated carbocycles. The number of amides is 1. The zero-order chi connectivity index (χ0) is 18.6. The van der Waals surface area contributed by atoms with Crippen LogP contribution in [0.1, 0.15) is 22.6 Å². The second-order valence-electron chi connectivity index (χ2n) is 6.53. The molecular weight excluding hydrogens is 338 g/mol. The van der Waals surface area contributed by atoms with E-state index in [0.717, 1.165) is 22.4 Å². The van der Waals surface area contributed by atoms with E-state index in [2.05, 4.69) is 4.98 Å². The normalized spacial score (nSPS) is 13.7. The van der Waals surface area contributed by atoms with Gasteiger partial charge in [0.05, 0.1) is 5.71 Å². The molecule has 0 aliphatic carbocycles. The number of likely N-dealkylation sites (tertiary alicyclic amines) is 1. The number of benzene rings is 2. The van der Waals surface area contributed by atoms with Crippen LogP contribution in [0.5, 0.6) is 0 Å². The Morgan fingerprint density at radius 2 is 1.52 bits per heavy atom. The highest BCUT2D eigenvalue weighted by Gasteiger charge is 2.31. The molecule has 3 aromatic rings. The molecule has 1 aliphatic rings. The summed E-state index contributed by atoms with van der Waals surface area (Å²) in [5, 5.41) is 8.95. The Kier molecular flexibility index (Phi) is 4.66. The lowest BCUT2D eigenvalue weighted by Crippen LogP contribution is -2.47. The summed E-state index contributed by atoms with van der Waals surface area (Å²) in [6, 6.07) is 24.0. The van der Waals surface area contributed by atoms with E-state index >= 15 is 0 Å². The summed E-state index contributed by atoms with van der Waals surface area (Å²) in [6.07, 6.45) is 0.937. The molecular formula is C22H19N3O2. The zero-order valence-electron chi connectivity index (χ0n) is 14.7. The molecule has 5 nitrogen and oxygen atoms in total. The molecule has 27 heavy (non-hydrogen) atoms. The summed E-state index contributed by atoms with van der Waals surface area (Å²) < 4.78 is 0. The van der Waals surface area contributed by atoms with Crippen LogP contribution in [0, 0.1) is 0 Å². The molecule has 0 spiro atoms. The number of aliphatic imine (C=N–C) groups is 1. The van der Waals surface area contributed by atoms with E-state index in [1.54, 1.807) is 6.20 Å². The molecule has 0 bridgehead atoms. The number of aromatic nitrogens is 1. The van der Waals surface area contributed by atoms with Crippen molar-refractivity contribution < 1.29 is 9.90 Å². The van der Waals surface area contributed by atoms with Crippen molar-refractivity contribution in [2.45, 2.75) is 5.92 Å². The molecule has 2 aromatic carbocycles. The smallest absolute Gasteiger partial charge is 0.407 e. The predicted molar refractivity (Wildman–Crippen MR) is 105 cm³/mol. The summed E-state index contributed by atoms with van der Waals surface area (Å²) in [5.41, 5.74) is 3.99. The fraction of sp³-hybridized carbons (Fsp3) is 0.136. The van der Waals surface area contributed by atoms with Gasteiger partial charge in [-0.1, -0.05) is 66.7 Å². The van der Waals surface area contributed by atoms with Gasteiger partial charge in [0, 0.05) is 36.3 Å². The van der Waals surface area contributed by atoms with Crippen molar-refractivity contribution in [1.29, 1.82) is 0 Å². The molecule has 134 valence electrons. The maximum atomic E-state index is 10.9. The summed E-state index contributed by atoms with van der Waals surface area (Å²) in [5.74, 6) is 0.852. The molecule has 1 amide bonds. The molecule has 1 fully saturated rings. The van der Waals surface area contributed by atoms with Crippen molar-refractivity contribution in [2.24, 2.45) is 4.99 Å². The fourth-order valence-electron chi connectivity index (χ4n) is 3.15. The van der Waals surface area contributed by atoms with E-state index in [1.807, 2.05) is 72.8 Å². The maximum absolute atomic E-state index is 10.9. The van der Waals surface area contributed by atoms with Crippen molar-refractivity contribution in [3.8, 4) is 0 Å². The second kappa shape index (κ2) is 7.41. The molecule has 1 aromatic heterocycles. The van der Waals surface area contributed by atoms with Crippen LogP contribution in [0.15, 0.2) is 84.0 Å². The zero-order valence-corrected chi connectivity index (χ0v) is 14.7. The molecule has 0 atom stereocenters. The van der Waals surface area contributed by atoms with Gasteiger partial charge in [0.2, 0.25) is 0 Å². The van der Waals surface area contributed by atoms with Gasteiger partial charge in [-0.2, -0.15) is 0 Å². The third kappa shape index (κ3) is 3.72. The van der Waals surface area contributed by atoms with E-state index in [-0.39, 0.29) is 5.92 Å². The molecule has 2 heterocycles. The minimum atomic E-state index is -0.865. The van der Waals surface area contributed by atoms with Gasteiger partial charge in [-0.05, 0) is 11.6 Å². The topological polar surface area (TPSA) is 65.8 Å². The van der Waals surface area contributed by atoms with E-state index in [4.69, 9.17) is 10.1 Å². The van der Waals surface area contributed by atoms with Crippen molar-refractivity contribution in [2.75, 3.05) is 13.1 Å². The van der Waals surface area contributed by atoms with Gasteiger partial charge in [-0.15, -0.1) is 0 Å². The van der Waals surface area contributed by atoms with E-state index in [9.17, 15) is 4.79 Å². The quantitative estimate of drug-likeness (QED) is 0.707. The Morgan fingerprint density at radius 1 is 0.926 bits per heavy atom. The second-order valence-corrected chi connectivity index (χ2v) is 6.53. The SMILES string of the molecule is O=C(O)N1CC(c2ccc(N=C(c3ccccc3)c3ccccc3)nc2)C1. The Bertz CT molecular complexity index is 906. The molecule has 0 radical (unpaired) electrons. The van der Waals surface area contributed by atoms with Crippen molar-refractivity contribution >= 4 is 17.6 Å². The first-order valence-corrected chi connectivity index (χ1v) is 8.84. The van der Waals surface area contributed by atoms with Gasteiger partial charge in [0.15, 0.2) is 5.82 Å². The van der Waals surface area contributed by atoms with Crippen LogP contribution in [-0.4, -0.2) is 39.9 Å². The molecule has 1 saturated heterocycles. The van der Waals surface area contributed by atoms with E-state index in [1.165, 1.54) is 4.90 Å². The summed E-state index contributed by atoms with van der Waals surface area (Å²) >= 11 is 0. The number of hydrogen-bond donors (Lipinski definition) is 1. The maximum Gasteiger partial charge on any atom is 0.407 e. The number of rotatable bonds is 4. The Labute approximate surface area is 157 Å². The third-order valence-corrected chi connectivity index (χ3v) is 4.72. The van der Waals surface area contributed by atoms with Gasteiger partial charge in [-0.3, -0.25) is 0 Å². The van der Waals surface area contributed by atoms with Crippen LogP contribution >= 0.6 is 0 Å². The Balaban J connectivity index is 1.61. The van der Waals surface area contributed by atoms with Gasteiger partial charge < -0.3 is 10.0 Å². The van der Waals surface area contributed by atoms with Crippen LogP contribution in [0.4, 0.5) is 10.6 Å². The number of hydrogen-bond acceptors (Lipinski definition) is 3. The molecule has 1 N–H and O–H groups in total. The molecule has 5 heteroatoms. The third-order valence-electron chi connectivity index (χ3n) is 4.72. The lowest BCUT2D eigenvalue weighted by atomic mass is 9.93. The Morgan fingerprint density at radius 3 is 2.00 bits per heavy atom. The number of carbonyl (C=O) groups is 1. The van der Waals surface area contributed by atoms with Gasteiger partial charge >= 0.3 is 6.09 Å². The van der Waals surface area contributed by atoms with Crippen LogP contribution in [0.3, 0.4) is 0 Å². The molecule has 4 rings (SSSR count). The van der Waals surface area contributed by atoms with E-state index in [0.29, 0.717) is 18.9 Å². The molecule has 0 unspecified atom stereocenters. The van der Waals surface area contributed by atoms with Gasteiger partial charge in [-0.25, -0.2) is 14.8 Å². The lowest BCUT2D eigenvalue weighted by molar-refractivity contribution is 0.105. The molecule has 1 aliphatic heterocycles. The minimum absolute atomic E-state index is 0.217. The van der Waals surface area contributed by atoms with E-state index < -0.39 is 6.09 Å². The minimum Gasteiger partial charge on any atom is -0.465 e. The van der Waals surface area contributed by atoms with Crippen LogP contribution in [0.2, 0.25) is 0 Å². The number of carboxylic acid groups (broad SMARTS) is 1. The van der Waals surface area contributed by atoms with Crippen molar-refractivity contribution in [3.63, 3.8) is 0 Å². The summed E-state index contributed by atoms with van der Waals surface area (Å²) in [4.78, 5) is 21.6. The largest absolute Gasteiger partial charge is 0.465 e. The first-order valence-electron chi connectivity index (χ1n) is 8.84. The highest BCUT2D eigenvalue weighted by molar-refractivity contribution is 6.13. The van der Waals surface area contributed by atoms with Gasteiger partial charge in [0.1, 0.15) is 0 Å². The van der Waals surface area contributed by atoms with Crippen LogP contribution in [0.25, 0.3) is 0 Å². The highest BCUT2D eigenvalue weighted by atomic mass is 16.4. The first-order chi connectivity index (χ1) is 13.2.